The summed E-state index contributed by atoms with van der Waals surface area (Å²) in [6.45, 7) is 5.35. The van der Waals surface area contributed by atoms with Gasteiger partial charge in [-0.05, 0) is 13.0 Å². The number of hydrogen-bond donors (Lipinski definition) is 1. The van der Waals surface area contributed by atoms with E-state index in [1.54, 1.807) is 0 Å². The molecule has 0 unspecified atom stereocenters. The van der Waals surface area contributed by atoms with E-state index in [0.29, 0.717) is 6.04 Å². The van der Waals surface area contributed by atoms with Gasteiger partial charge in [0.2, 0.25) is 0 Å². The summed E-state index contributed by atoms with van der Waals surface area (Å²) in [5, 5.41) is 8.84. The lowest BCUT2D eigenvalue weighted by Crippen LogP contribution is -2.50. The fourth-order valence-electron chi connectivity index (χ4n) is 2.48. The molecule has 90 valence electrons. The maximum absolute atomic E-state index is 4.38. The number of aromatic nitrogens is 3. The molecule has 0 aliphatic carbocycles. The highest BCUT2D eigenvalue weighted by molar-refractivity contribution is 5.89. The third kappa shape index (κ3) is 1.67. The van der Waals surface area contributed by atoms with Crippen molar-refractivity contribution in [2.45, 2.75) is 13.0 Å². The van der Waals surface area contributed by atoms with Gasteiger partial charge in [-0.1, -0.05) is 0 Å². The molecule has 1 fully saturated rings. The summed E-state index contributed by atoms with van der Waals surface area (Å²) in [5.41, 5.74) is 2.20. The Morgan fingerprint density at radius 2 is 2.35 bits per heavy atom. The van der Waals surface area contributed by atoms with Crippen molar-refractivity contribution in [3.8, 4) is 0 Å². The summed E-state index contributed by atoms with van der Waals surface area (Å²) in [5.74, 6) is 0. The third-order valence-electron chi connectivity index (χ3n) is 3.42. The number of rotatable bonds is 1. The quantitative estimate of drug-likeness (QED) is 0.787. The van der Waals surface area contributed by atoms with Gasteiger partial charge in [0.15, 0.2) is 5.65 Å². The first-order chi connectivity index (χ1) is 8.27. The summed E-state index contributed by atoms with van der Waals surface area (Å²) >= 11 is 0. The van der Waals surface area contributed by atoms with Crippen LogP contribution in [0.4, 0.5) is 5.69 Å². The maximum atomic E-state index is 4.38. The number of aryl methyl sites for hydroxylation is 1. The van der Waals surface area contributed by atoms with Crippen molar-refractivity contribution in [1.29, 1.82) is 0 Å². The minimum atomic E-state index is 0.509. The highest BCUT2D eigenvalue weighted by atomic mass is 15.3. The molecule has 1 saturated heterocycles. The van der Waals surface area contributed by atoms with Crippen LogP contribution >= 0.6 is 0 Å². The second kappa shape index (κ2) is 4.00. The number of piperazine rings is 1. The largest absolute Gasteiger partial charge is 0.366 e. The van der Waals surface area contributed by atoms with Gasteiger partial charge < -0.3 is 10.2 Å². The van der Waals surface area contributed by atoms with Gasteiger partial charge >= 0.3 is 0 Å². The van der Waals surface area contributed by atoms with Crippen LogP contribution in [-0.2, 0) is 7.05 Å². The number of hydrogen-bond acceptors (Lipinski definition) is 4. The Balaban J connectivity index is 2.10. The molecule has 1 aliphatic heterocycles. The second-order valence-electron chi connectivity index (χ2n) is 4.58. The normalized spacial score (nSPS) is 21.1. The Morgan fingerprint density at radius 1 is 1.47 bits per heavy atom. The summed E-state index contributed by atoms with van der Waals surface area (Å²) in [6, 6.07) is 2.60. The van der Waals surface area contributed by atoms with Crippen molar-refractivity contribution in [2.24, 2.45) is 7.05 Å². The molecule has 2 aromatic rings. The average molecular weight is 231 g/mol. The van der Waals surface area contributed by atoms with Gasteiger partial charge in [0, 0.05) is 38.9 Å². The minimum absolute atomic E-state index is 0.509. The molecule has 5 heteroatoms. The van der Waals surface area contributed by atoms with Gasteiger partial charge in [-0.2, -0.15) is 5.10 Å². The number of pyridine rings is 1. The SMILES string of the molecule is C[C@H]1CNCCN1c1ccnc2c1cnn2C. The van der Waals surface area contributed by atoms with Crippen LogP contribution in [0.5, 0.6) is 0 Å². The van der Waals surface area contributed by atoms with Gasteiger partial charge in [0.05, 0.1) is 17.3 Å². The Kier molecular flexibility index (Phi) is 2.48. The Morgan fingerprint density at radius 3 is 3.18 bits per heavy atom. The molecule has 5 nitrogen and oxygen atoms in total. The Bertz CT molecular complexity index is 533. The zero-order valence-electron chi connectivity index (χ0n) is 10.2. The van der Waals surface area contributed by atoms with Gasteiger partial charge in [0.25, 0.3) is 0 Å². The number of nitrogens with zero attached hydrogens (tertiary/aromatic N) is 4. The highest BCUT2D eigenvalue weighted by Gasteiger charge is 2.20. The molecule has 1 N–H and O–H groups in total. The number of nitrogens with one attached hydrogen (secondary N) is 1. The maximum Gasteiger partial charge on any atom is 0.159 e. The molecule has 0 saturated carbocycles. The van der Waals surface area contributed by atoms with E-state index in [1.807, 2.05) is 24.1 Å². The van der Waals surface area contributed by atoms with Crippen LogP contribution in [0.2, 0.25) is 0 Å². The van der Waals surface area contributed by atoms with E-state index >= 15 is 0 Å². The lowest BCUT2D eigenvalue weighted by Gasteiger charge is -2.36. The van der Waals surface area contributed by atoms with Crippen molar-refractivity contribution in [3.05, 3.63) is 18.5 Å². The molecule has 17 heavy (non-hydrogen) atoms. The highest BCUT2D eigenvalue weighted by Crippen LogP contribution is 2.26. The van der Waals surface area contributed by atoms with Crippen LogP contribution < -0.4 is 10.2 Å². The van der Waals surface area contributed by atoms with Crippen LogP contribution in [0.15, 0.2) is 18.5 Å². The smallest absolute Gasteiger partial charge is 0.159 e. The Hall–Kier alpha value is -1.62. The van der Waals surface area contributed by atoms with Gasteiger partial charge in [-0.3, -0.25) is 4.68 Å². The molecule has 3 rings (SSSR count). The first-order valence-corrected chi connectivity index (χ1v) is 6.01. The topological polar surface area (TPSA) is 46.0 Å². The summed E-state index contributed by atoms with van der Waals surface area (Å²) in [4.78, 5) is 6.81. The minimum Gasteiger partial charge on any atom is -0.366 e. The Labute approximate surface area is 100 Å². The predicted molar refractivity (Wildman–Crippen MR) is 68.2 cm³/mol. The molecular formula is C12H17N5. The fourth-order valence-corrected chi connectivity index (χ4v) is 2.48. The third-order valence-corrected chi connectivity index (χ3v) is 3.42. The zero-order chi connectivity index (χ0) is 11.8. The fraction of sp³-hybridized carbons (Fsp3) is 0.500. The monoisotopic (exact) mass is 231 g/mol. The lowest BCUT2D eigenvalue weighted by atomic mass is 10.1. The summed E-state index contributed by atoms with van der Waals surface area (Å²) in [6.07, 6.45) is 3.78. The van der Waals surface area contributed by atoms with Crippen molar-refractivity contribution in [2.75, 3.05) is 24.5 Å². The summed E-state index contributed by atoms with van der Waals surface area (Å²) < 4.78 is 1.83. The molecule has 2 aromatic heterocycles. The molecule has 0 radical (unpaired) electrons. The number of fused-ring (bicyclic) bond motifs is 1. The van der Waals surface area contributed by atoms with E-state index < -0.39 is 0 Å². The molecule has 3 heterocycles. The van der Waals surface area contributed by atoms with Gasteiger partial charge in [-0.25, -0.2) is 4.98 Å². The second-order valence-corrected chi connectivity index (χ2v) is 4.58. The van der Waals surface area contributed by atoms with Crippen molar-refractivity contribution in [3.63, 3.8) is 0 Å². The first-order valence-electron chi connectivity index (χ1n) is 6.01. The first kappa shape index (κ1) is 10.5. The molecule has 0 spiro atoms. The van der Waals surface area contributed by atoms with E-state index in [1.165, 1.54) is 5.69 Å². The van der Waals surface area contributed by atoms with Crippen LogP contribution in [0.25, 0.3) is 11.0 Å². The lowest BCUT2D eigenvalue weighted by molar-refractivity contribution is 0.502. The van der Waals surface area contributed by atoms with E-state index in [0.717, 1.165) is 30.7 Å². The average Bonchev–Trinajstić information content (AvgIpc) is 2.72. The van der Waals surface area contributed by atoms with Gasteiger partial charge in [-0.15, -0.1) is 0 Å². The molecule has 1 aliphatic rings. The van der Waals surface area contributed by atoms with Crippen LogP contribution in [0.3, 0.4) is 0 Å². The molecule has 0 amide bonds. The molecule has 0 bridgehead atoms. The standard InChI is InChI=1S/C12H17N5/c1-9-7-13-5-6-17(9)11-3-4-14-12-10(11)8-15-16(12)2/h3-4,8-9,13H,5-7H2,1-2H3/t9-/m0/s1. The molecule has 0 aromatic carbocycles. The van der Waals surface area contributed by atoms with Crippen LogP contribution in [0, 0.1) is 0 Å². The molecular weight excluding hydrogens is 214 g/mol. The van der Waals surface area contributed by atoms with Crippen molar-refractivity contribution < 1.29 is 0 Å². The van der Waals surface area contributed by atoms with Crippen molar-refractivity contribution >= 4 is 16.7 Å². The van der Waals surface area contributed by atoms with E-state index in [2.05, 4.69) is 33.3 Å². The number of anilines is 1. The van der Waals surface area contributed by atoms with E-state index in [9.17, 15) is 0 Å². The van der Waals surface area contributed by atoms with Crippen LogP contribution in [-0.4, -0.2) is 40.4 Å². The predicted octanol–water partition coefficient (Wildman–Crippen LogP) is 0.766. The van der Waals surface area contributed by atoms with E-state index in [-0.39, 0.29) is 0 Å². The summed E-state index contributed by atoms with van der Waals surface area (Å²) in [7, 11) is 1.93. The molecule has 1 atom stereocenters. The van der Waals surface area contributed by atoms with Crippen molar-refractivity contribution in [1.82, 2.24) is 20.1 Å². The van der Waals surface area contributed by atoms with E-state index in [4.69, 9.17) is 0 Å². The zero-order valence-corrected chi connectivity index (χ0v) is 10.2. The van der Waals surface area contributed by atoms with Gasteiger partial charge in [0.1, 0.15) is 0 Å². The van der Waals surface area contributed by atoms with Crippen LogP contribution in [0.1, 0.15) is 6.92 Å².